The van der Waals surface area contributed by atoms with Crippen LogP contribution in [0.15, 0.2) is 0 Å². The molecule has 2 aliphatic heterocycles. The molecule has 0 radical (unpaired) electrons. The van der Waals surface area contributed by atoms with Gasteiger partial charge in [0.15, 0.2) is 0 Å². The van der Waals surface area contributed by atoms with E-state index in [2.05, 4.69) is 36.1 Å². The van der Waals surface area contributed by atoms with E-state index in [-0.39, 0.29) is 0 Å². The van der Waals surface area contributed by atoms with Crippen molar-refractivity contribution in [1.82, 2.24) is 15.1 Å². The molecule has 0 amide bonds. The third kappa shape index (κ3) is 4.15. The van der Waals surface area contributed by atoms with E-state index in [1.807, 2.05) is 0 Å². The molecule has 1 N–H and O–H groups in total. The van der Waals surface area contributed by atoms with E-state index in [9.17, 15) is 0 Å². The van der Waals surface area contributed by atoms with E-state index in [4.69, 9.17) is 4.74 Å². The summed E-state index contributed by atoms with van der Waals surface area (Å²) in [6, 6.07) is 0.745. The zero-order valence-corrected chi connectivity index (χ0v) is 13.0. The molecule has 0 bridgehead atoms. The summed E-state index contributed by atoms with van der Waals surface area (Å²) in [5.41, 5.74) is 0.352. The van der Waals surface area contributed by atoms with Crippen molar-refractivity contribution in [3.8, 4) is 0 Å². The van der Waals surface area contributed by atoms with Gasteiger partial charge >= 0.3 is 0 Å². The first-order valence-corrected chi connectivity index (χ1v) is 7.82. The average Bonchev–Trinajstić information content (AvgIpc) is 2.98. The molecule has 0 aromatic rings. The van der Waals surface area contributed by atoms with Gasteiger partial charge in [0, 0.05) is 37.7 Å². The van der Waals surface area contributed by atoms with Crippen LogP contribution in [0.5, 0.6) is 0 Å². The van der Waals surface area contributed by atoms with E-state index < -0.39 is 0 Å². The molecule has 4 nitrogen and oxygen atoms in total. The lowest BCUT2D eigenvalue weighted by Crippen LogP contribution is -2.48. The molecule has 4 heteroatoms. The van der Waals surface area contributed by atoms with Crippen LogP contribution in [0.1, 0.15) is 26.2 Å². The second-order valence-corrected chi connectivity index (χ2v) is 6.61. The van der Waals surface area contributed by atoms with E-state index in [0.29, 0.717) is 5.41 Å². The molecule has 0 saturated carbocycles. The molecule has 112 valence electrons. The molecule has 2 aliphatic rings. The van der Waals surface area contributed by atoms with Gasteiger partial charge in [-0.15, -0.1) is 0 Å². The highest BCUT2D eigenvalue weighted by Gasteiger charge is 2.39. The third-order valence-electron chi connectivity index (χ3n) is 4.55. The number of hydrogen-bond acceptors (Lipinski definition) is 4. The fourth-order valence-corrected chi connectivity index (χ4v) is 3.52. The van der Waals surface area contributed by atoms with Gasteiger partial charge in [-0.1, -0.05) is 6.92 Å². The fraction of sp³-hybridized carbons (Fsp3) is 1.00. The summed E-state index contributed by atoms with van der Waals surface area (Å²) in [5.74, 6) is 0. The zero-order chi connectivity index (χ0) is 13.7. The summed E-state index contributed by atoms with van der Waals surface area (Å²) in [7, 11) is 4.37. The maximum absolute atomic E-state index is 5.71. The van der Waals surface area contributed by atoms with Crippen molar-refractivity contribution in [3.63, 3.8) is 0 Å². The smallest absolute Gasteiger partial charge is 0.0547 e. The number of ether oxygens (including phenoxy) is 1. The van der Waals surface area contributed by atoms with Gasteiger partial charge in [-0.25, -0.2) is 0 Å². The van der Waals surface area contributed by atoms with Gasteiger partial charge in [-0.3, -0.25) is 4.90 Å². The summed E-state index contributed by atoms with van der Waals surface area (Å²) < 4.78 is 5.71. The van der Waals surface area contributed by atoms with Crippen molar-refractivity contribution in [1.29, 1.82) is 0 Å². The van der Waals surface area contributed by atoms with Crippen molar-refractivity contribution in [2.24, 2.45) is 5.41 Å². The predicted octanol–water partition coefficient (Wildman–Crippen LogP) is 1.03. The molecule has 0 spiro atoms. The van der Waals surface area contributed by atoms with Crippen LogP contribution in [0.4, 0.5) is 0 Å². The molecule has 0 aromatic heterocycles. The summed E-state index contributed by atoms with van der Waals surface area (Å²) in [6.07, 6.45) is 3.93. The van der Waals surface area contributed by atoms with Crippen molar-refractivity contribution >= 4 is 0 Å². The van der Waals surface area contributed by atoms with E-state index in [1.54, 1.807) is 0 Å². The first-order chi connectivity index (χ1) is 9.15. The molecule has 2 heterocycles. The molecule has 19 heavy (non-hydrogen) atoms. The molecule has 2 unspecified atom stereocenters. The van der Waals surface area contributed by atoms with Crippen LogP contribution in [0.3, 0.4) is 0 Å². The maximum Gasteiger partial charge on any atom is 0.0547 e. The first kappa shape index (κ1) is 15.2. The zero-order valence-electron chi connectivity index (χ0n) is 13.0. The fourth-order valence-electron chi connectivity index (χ4n) is 3.52. The van der Waals surface area contributed by atoms with Crippen LogP contribution in [-0.2, 0) is 4.74 Å². The number of likely N-dealkylation sites (tertiary alicyclic amines) is 1. The second-order valence-electron chi connectivity index (χ2n) is 6.61. The first-order valence-electron chi connectivity index (χ1n) is 7.82. The predicted molar refractivity (Wildman–Crippen MR) is 79.6 cm³/mol. The van der Waals surface area contributed by atoms with Gasteiger partial charge in [-0.2, -0.15) is 0 Å². The number of hydrogen-bond donors (Lipinski definition) is 1. The molecule has 2 rings (SSSR count). The summed E-state index contributed by atoms with van der Waals surface area (Å²) in [6.45, 7) is 9.90. The van der Waals surface area contributed by atoms with Crippen LogP contribution in [-0.4, -0.2) is 75.9 Å². The Kier molecular flexibility index (Phi) is 5.63. The van der Waals surface area contributed by atoms with E-state index in [0.717, 1.165) is 32.3 Å². The van der Waals surface area contributed by atoms with Gasteiger partial charge in [0.2, 0.25) is 0 Å². The van der Waals surface area contributed by atoms with E-state index in [1.165, 1.54) is 38.9 Å². The molecule has 2 fully saturated rings. The average molecular weight is 269 g/mol. The molecular weight excluding hydrogens is 238 g/mol. The highest BCUT2D eigenvalue weighted by Crippen LogP contribution is 2.32. The minimum Gasteiger partial charge on any atom is -0.381 e. The van der Waals surface area contributed by atoms with Crippen molar-refractivity contribution in [2.75, 3.05) is 60.0 Å². The number of likely N-dealkylation sites (N-methyl/N-ethyl adjacent to an activating group) is 1. The Hall–Kier alpha value is -0.160. The van der Waals surface area contributed by atoms with Crippen molar-refractivity contribution < 1.29 is 4.74 Å². The normalized spacial score (nSPS) is 32.5. The Balaban J connectivity index is 1.92. The molecule has 2 atom stereocenters. The van der Waals surface area contributed by atoms with Crippen LogP contribution in [0.25, 0.3) is 0 Å². The quantitative estimate of drug-likeness (QED) is 0.747. The Labute approximate surface area is 118 Å². The lowest BCUT2D eigenvalue weighted by molar-refractivity contribution is 0.0955. The molecular formula is C15H31N3O. The second kappa shape index (κ2) is 7.02. The third-order valence-corrected chi connectivity index (χ3v) is 4.55. The van der Waals surface area contributed by atoms with Crippen LogP contribution < -0.4 is 5.32 Å². The van der Waals surface area contributed by atoms with Crippen LogP contribution in [0.2, 0.25) is 0 Å². The topological polar surface area (TPSA) is 27.7 Å². The van der Waals surface area contributed by atoms with Crippen LogP contribution in [0, 0.1) is 5.41 Å². The highest BCUT2D eigenvalue weighted by molar-refractivity contribution is 4.92. The number of nitrogens with one attached hydrogen (secondary N) is 1. The maximum atomic E-state index is 5.71. The van der Waals surface area contributed by atoms with Gasteiger partial charge in [0.25, 0.3) is 0 Å². The minimum atomic E-state index is 0.352. The molecule has 0 aromatic carbocycles. The Bertz CT molecular complexity index is 264. The summed E-state index contributed by atoms with van der Waals surface area (Å²) >= 11 is 0. The molecule has 0 aliphatic carbocycles. The van der Waals surface area contributed by atoms with Gasteiger partial charge in [0.05, 0.1) is 6.61 Å². The van der Waals surface area contributed by atoms with Gasteiger partial charge in [0.1, 0.15) is 0 Å². The Morgan fingerprint density at radius 1 is 1.42 bits per heavy atom. The summed E-state index contributed by atoms with van der Waals surface area (Å²) in [4.78, 5) is 5.04. The largest absolute Gasteiger partial charge is 0.381 e. The highest BCUT2D eigenvalue weighted by atomic mass is 16.5. The molecule has 2 saturated heterocycles. The Morgan fingerprint density at radius 2 is 2.26 bits per heavy atom. The minimum absolute atomic E-state index is 0.352. The number of nitrogens with zero attached hydrogens (tertiary/aromatic N) is 2. The Morgan fingerprint density at radius 3 is 2.89 bits per heavy atom. The lowest BCUT2D eigenvalue weighted by atomic mass is 9.86. The van der Waals surface area contributed by atoms with Crippen LogP contribution >= 0.6 is 0 Å². The van der Waals surface area contributed by atoms with Crippen molar-refractivity contribution in [2.45, 2.75) is 32.2 Å². The monoisotopic (exact) mass is 269 g/mol. The SMILES string of the molecule is CCNCC1(CN2CCCC2CN(C)C)CCOC1. The van der Waals surface area contributed by atoms with Crippen molar-refractivity contribution in [3.05, 3.63) is 0 Å². The van der Waals surface area contributed by atoms with E-state index >= 15 is 0 Å². The standard InChI is InChI=1S/C15H31N3O/c1-4-16-11-15(7-9-19-13-15)12-18-8-5-6-14(18)10-17(2)3/h14,16H,4-13H2,1-3H3. The van der Waals surface area contributed by atoms with Gasteiger partial charge < -0.3 is 15.0 Å². The number of rotatable bonds is 7. The lowest BCUT2D eigenvalue weighted by Gasteiger charge is -2.36. The summed E-state index contributed by atoms with van der Waals surface area (Å²) in [5, 5.41) is 3.54. The van der Waals surface area contributed by atoms with Gasteiger partial charge in [-0.05, 0) is 46.4 Å².